The Kier molecular flexibility index (Phi) is 7.96. The average molecular weight is 374 g/mol. The summed E-state index contributed by atoms with van der Waals surface area (Å²) in [5.74, 6) is 2.40. The summed E-state index contributed by atoms with van der Waals surface area (Å²) >= 11 is 0. The molecule has 1 aliphatic carbocycles. The number of nitrogens with one attached hydrogen (secondary N) is 1. The molecule has 0 spiro atoms. The first-order valence-electron chi connectivity index (χ1n) is 10.6. The highest BCUT2D eigenvalue weighted by Crippen LogP contribution is 2.28. The third-order valence-corrected chi connectivity index (χ3v) is 5.43. The van der Waals surface area contributed by atoms with Crippen LogP contribution in [-0.4, -0.2) is 61.5 Å². The Balaban J connectivity index is 1.42. The van der Waals surface area contributed by atoms with Gasteiger partial charge in [0.25, 0.3) is 0 Å². The molecule has 5 heteroatoms. The van der Waals surface area contributed by atoms with Crippen LogP contribution in [0.3, 0.4) is 0 Å². The predicted molar refractivity (Wildman–Crippen MR) is 110 cm³/mol. The number of aliphatic imine (C=N–C) groups is 1. The van der Waals surface area contributed by atoms with Gasteiger partial charge in [-0.3, -0.25) is 4.99 Å². The average Bonchev–Trinajstić information content (AvgIpc) is 3.51. The number of hydrogen-bond donors (Lipinski definition) is 2. The predicted octanol–water partition coefficient (Wildman–Crippen LogP) is 2.69. The van der Waals surface area contributed by atoms with Gasteiger partial charge in [0.15, 0.2) is 5.96 Å². The fourth-order valence-corrected chi connectivity index (χ4v) is 3.62. The molecule has 27 heavy (non-hydrogen) atoms. The van der Waals surface area contributed by atoms with E-state index in [0.29, 0.717) is 13.2 Å². The maximum Gasteiger partial charge on any atom is 0.194 e. The van der Waals surface area contributed by atoms with Crippen LogP contribution < -0.4 is 5.32 Å². The third-order valence-electron chi connectivity index (χ3n) is 5.43. The Morgan fingerprint density at radius 2 is 1.93 bits per heavy atom. The van der Waals surface area contributed by atoms with Crippen LogP contribution in [0.5, 0.6) is 0 Å². The molecule has 0 aromatic heterocycles. The molecule has 150 valence electrons. The number of aliphatic hydroxyl groups excluding tert-OH is 1. The number of aliphatic hydroxyl groups is 1. The van der Waals surface area contributed by atoms with Gasteiger partial charge in [-0.05, 0) is 56.4 Å². The lowest BCUT2D eigenvalue weighted by Crippen LogP contribution is -2.46. The largest absolute Gasteiger partial charge is 0.389 e. The molecule has 1 aliphatic heterocycles. The van der Waals surface area contributed by atoms with E-state index in [1.165, 1.54) is 37.7 Å². The van der Waals surface area contributed by atoms with Gasteiger partial charge in [0.2, 0.25) is 0 Å². The second-order valence-electron chi connectivity index (χ2n) is 7.95. The quantitative estimate of drug-likeness (QED) is 0.516. The van der Waals surface area contributed by atoms with Crippen molar-refractivity contribution >= 4 is 5.96 Å². The Morgan fingerprint density at radius 1 is 1.19 bits per heavy atom. The number of rotatable bonds is 9. The molecule has 0 bridgehead atoms. The minimum atomic E-state index is -0.520. The van der Waals surface area contributed by atoms with Gasteiger partial charge in [-0.25, -0.2) is 0 Å². The number of piperidine rings is 1. The maximum atomic E-state index is 10.1. The van der Waals surface area contributed by atoms with Gasteiger partial charge in [0.05, 0.1) is 19.3 Å². The first kappa shape index (κ1) is 20.2. The Bertz CT molecular complexity index is 566. The van der Waals surface area contributed by atoms with E-state index in [-0.39, 0.29) is 0 Å². The molecule has 1 heterocycles. The van der Waals surface area contributed by atoms with Crippen LogP contribution in [0.2, 0.25) is 0 Å². The lowest BCUT2D eigenvalue weighted by Gasteiger charge is -2.34. The summed E-state index contributed by atoms with van der Waals surface area (Å²) < 4.78 is 5.57. The summed E-state index contributed by atoms with van der Waals surface area (Å²) in [7, 11) is 0. The number of nitrogens with zero attached hydrogens (tertiary/aromatic N) is 2. The molecule has 1 aromatic carbocycles. The minimum absolute atomic E-state index is 0.387. The van der Waals surface area contributed by atoms with Crippen LogP contribution >= 0.6 is 0 Å². The standard InChI is InChI=1S/C22H35N3O2/c1-2-23-22(24-15-21(26)17-27-16-20-8-9-20)25-12-10-19(11-13-25)14-18-6-4-3-5-7-18/h3-7,19-21,26H,2,8-17H2,1H3,(H,23,24). The normalized spacial score (nSPS) is 19.9. The highest BCUT2D eigenvalue weighted by Gasteiger charge is 2.23. The van der Waals surface area contributed by atoms with Crippen molar-refractivity contribution in [2.45, 2.75) is 45.1 Å². The fraction of sp³-hybridized carbons (Fsp3) is 0.682. The van der Waals surface area contributed by atoms with Crippen molar-refractivity contribution in [2.75, 3.05) is 39.4 Å². The molecule has 1 saturated heterocycles. The van der Waals surface area contributed by atoms with Crippen LogP contribution in [-0.2, 0) is 11.2 Å². The van der Waals surface area contributed by atoms with Crippen LogP contribution in [0, 0.1) is 11.8 Å². The monoisotopic (exact) mass is 373 g/mol. The van der Waals surface area contributed by atoms with Gasteiger partial charge in [-0.2, -0.15) is 0 Å². The molecule has 1 saturated carbocycles. The molecule has 2 fully saturated rings. The van der Waals surface area contributed by atoms with E-state index < -0.39 is 6.10 Å². The van der Waals surface area contributed by atoms with E-state index in [1.807, 2.05) is 0 Å². The van der Waals surface area contributed by atoms with E-state index in [0.717, 1.165) is 44.0 Å². The van der Waals surface area contributed by atoms with Crippen molar-refractivity contribution in [3.63, 3.8) is 0 Å². The molecule has 1 unspecified atom stereocenters. The van der Waals surface area contributed by atoms with Gasteiger partial charge in [0, 0.05) is 26.2 Å². The Morgan fingerprint density at radius 3 is 2.59 bits per heavy atom. The van der Waals surface area contributed by atoms with Gasteiger partial charge in [-0.15, -0.1) is 0 Å². The second kappa shape index (κ2) is 10.7. The number of likely N-dealkylation sites (tertiary alicyclic amines) is 1. The summed E-state index contributed by atoms with van der Waals surface area (Å²) in [6.45, 7) is 6.56. The van der Waals surface area contributed by atoms with Crippen molar-refractivity contribution in [1.82, 2.24) is 10.2 Å². The molecule has 0 radical (unpaired) electrons. The van der Waals surface area contributed by atoms with Gasteiger partial charge < -0.3 is 20.1 Å². The Labute approximate surface area is 163 Å². The SMILES string of the molecule is CCNC(=NCC(O)COCC1CC1)N1CCC(Cc2ccccc2)CC1. The molecule has 5 nitrogen and oxygen atoms in total. The van der Waals surface area contributed by atoms with E-state index in [4.69, 9.17) is 4.74 Å². The van der Waals surface area contributed by atoms with Crippen LogP contribution in [0.1, 0.15) is 38.2 Å². The lowest BCUT2D eigenvalue weighted by molar-refractivity contribution is 0.0367. The molecule has 0 amide bonds. The van der Waals surface area contributed by atoms with Crippen molar-refractivity contribution in [2.24, 2.45) is 16.8 Å². The fourth-order valence-electron chi connectivity index (χ4n) is 3.62. The van der Waals surface area contributed by atoms with Crippen molar-refractivity contribution in [1.29, 1.82) is 0 Å². The summed E-state index contributed by atoms with van der Waals surface area (Å²) in [6, 6.07) is 10.8. The Hall–Kier alpha value is -1.59. The molecule has 2 N–H and O–H groups in total. The highest BCUT2D eigenvalue weighted by molar-refractivity contribution is 5.80. The zero-order chi connectivity index (χ0) is 18.9. The minimum Gasteiger partial charge on any atom is -0.389 e. The third kappa shape index (κ3) is 7.15. The number of guanidine groups is 1. The lowest BCUT2D eigenvalue weighted by atomic mass is 9.90. The molecule has 3 rings (SSSR count). The first-order valence-corrected chi connectivity index (χ1v) is 10.6. The smallest absolute Gasteiger partial charge is 0.194 e. The van der Waals surface area contributed by atoms with E-state index in [1.54, 1.807) is 0 Å². The van der Waals surface area contributed by atoms with Gasteiger partial charge in [-0.1, -0.05) is 30.3 Å². The van der Waals surface area contributed by atoms with Gasteiger partial charge >= 0.3 is 0 Å². The van der Waals surface area contributed by atoms with Crippen LogP contribution in [0.25, 0.3) is 0 Å². The maximum absolute atomic E-state index is 10.1. The van der Waals surface area contributed by atoms with E-state index in [2.05, 4.69) is 52.5 Å². The molecule has 1 atom stereocenters. The zero-order valence-electron chi connectivity index (χ0n) is 16.6. The van der Waals surface area contributed by atoms with Crippen molar-refractivity contribution in [3.05, 3.63) is 35.9 Å². The molecule has 2 aliphatic rings. The topological polar surface area (TPSA) is 57.1 Å². The molecular formula is C22H35N3O2. The van der Waals surface area contributed by atoms with E-state index >= 15 is 0 Å². The van der Waals surface area contributed by atoms with E-state index in [9.17, 15) is 5.11 Å². The summed E-state index contributed by atoms with van der Waals surface area (Å²) in [6.07, 6.45) is 5.57. The molecular weight excluding hydrogens is 338 g/mol. The molecule has 1 aromatic rings. The highest BCUT2D eigenvalue weighted by atomic mass is 16.5. The van der Waals surface area contributed by atoms with Gasteiger partial charge in [0.1, 0.15) is 0 Å². The summed E-state index contributed by atoms with van der Waals surface area (Å²) in [5.41, 5.74) is 1.44. The summed E-state index contributed by atoms with van der Waals surface area (Å²) in [4.78, 5) is 7.00. The zero-order valence-corrected chi connectivity index (χ0v) is 16.6. The second-order valence-corrected chi connectivity index (χ2v) is 7.95. The van der Waals surface area contributed by atoms with Crippen molar-refractivity contribution < 1.29 is 9.84 Å². The number of ether oxygens (including phenoxy) is 1. The van der Waals surface area contributed by atoms with Crippen LogP contribution in [0.4, 0.5) is 0 Å². The first-order chi connectivity index (χ1) is 13.2. The summed E-state index contributed by atoms with van der Waals surface area (Å²) in [5, 5.41) is 13.5. The van der Waals surface area contributed by atoms with Crippen LogP contribution in [0.15, 0.2) is 35.3 Å². The van der Waals surface area contributed by atoms with Crippen molar-refractivity contribution in [3.8, 4) is 0 Å². The number of benzene rings is 1. The number of hydrogen-bond acceptors (Lipinski definition) is 3.